The van der Waals surface area contributed by atoms with Crippen molar-refractivity contribution in [2.24, 2.45) is 0 Å². The maximum Gasteiger partial charge on any atom is 0.331 e. The Kier molecular flexibility index (Phi) is 4.61. The van der Waals surface area contributed by atoms with Gasteiger partial charge in [0.2, 0.25) is 0 Å². The molecule has 1 aliphatic rings. The number of nitrogens with zero attached hydrogens (tertiary/aromatic N) is 1. The molecule has 2 aromatic carbocycles. The summed E-state index contributed by atoms with van der Waals surface area (Å²) in [6.45, 7) is 0.0960. The fourth-order valence-electron chi connectivity index (χ4n) is 2.47. The second kappa shape index (κ2) is 7.00. The van der Waals surface area contributed by atoms with Gasteiger partial charge in [0.05, 0.1) is 13.7 Å². The lowest BCUT2D eigenvalue weighted by Gasteiger charge is -2.26. The van der Waals surface area contributed by atoms with Gasteiger partial charge in [0, 0.05) is 0 Å². The van der Waals surface area contributed by atoms with Crippen LogP contribution in [0.3, 0.4) is 0 Å². The van der Waals surface area contributed by atoms with E-state index in [9.17, 15) is 14.4 Å². The van der Waals surface area contributed by atoms with E-state index in [1.807, 2.05) is 30.3 Å². The van der Waals surface area contributed by atoms with Crippen molar-refractivity contribution in [2.75, 3.05) is 7.11 Å². The third kappa shape index (κ3) is 3.58. The fourth-order valence-corrected chi connectivity index (χ4v) is 2.47. The first-order valence-corrected chi connectivity index (χ1v) is 7.65. The molecule has 0 saturated carbocycles. The molecule has 3 rings (SSSR count). The van der Waals surface area contributed by atoms with Gasteiger partial charge in [-0.2, -0.15) is 0 Å². The highest BCUT2D eigenvalue weighted by Gasteiger charge is 2.35. The Hall–Kier alpha value is -3.41. The molecule has 0 aliphatic carbocycles. The summed E-state index contributed by atoms with van der Waals surface area (Å²) >= 11 is 0. The molecular weight excluding hydrogens is 320 g/mol. The predicted octanol–water partition coefficient (Wildman–Crippen LogP) is 2.36. The van der Waals surface area contributed by atoms with E-state index in [4.69, 9.17) is 4.74 Å². The highest BCUT2D eigenvalue weighted by atomic mass is 16.5. The molecule has 0 radical (unpaired) electrons. The molecular formula is C19H16N2O4. The van der Waals surface area contributed by atoms with Gasteiger partial charge in [-0.05, 0) is 29.3 Å². The van der Waals surface area contributed by atoms with Crippen LogP contribution in [0.2, 0.25) is 0 Å². The number of nitrogens with one attached hydrogen (secondary N) is 1. The average molecular weight is 336 g/mol. The fraction of sp³-hybridized carbons (Fsp3) is 0.105. The standard InChI is InChI=1S/C19H16N2O4/c1-25-15-9-7-13(8-10-15)11-16-17(22)20-19(24)21(18(16)23)12-14-5-3-2-4-6-14/h2-11H,12H2,1H3,(H,20,22,24)/b16-11-. The number of carbonyl (C=O) groups excluding carboxylic acids is 3. The summed E-state index contributed by atoms with van der Waals surface area (Å²) in [7, 11) is 1.55. The number of barbiturate groups is 1. The smallest absolute Gasteiger partial charge is 0.331 e. The molecule has 1 aliphatic heterocycles. The maximum atomic E-state index is 12.6. The number of hydrogen-bond donors (Lipinski definition) is 1. The molecule has 0 unspecified atom stereocenters. The van der Waals surface area contributed by atoms with Gasteiger partial charge < -0.3 is 4.74 Å². The molecule has 6 heteroatoms. The lowest BCUT2D eigenvalue weighted by molar-refractivity contribution is -0.130. The van der Waals surface area contributed by atoms with Crippen molar-refractivity contribution in [1.29, 1.82) is 0 Å². The predicted molar refractivity (Wildman–Crippen MR) is 91.5 cm³/mol. The Morgan fingerprint density at radius 1 is 1.00 bits per heavy atom. The van der Waals surface area contributed by atoms with Gasteiger partial charge in [-0.3, -0.25) is 19.8 Å². The summed E-state index contributed by atoms with van der Waals surface area (Å²) in [5.41, 5.74) is 1.37. The minimum absolute atomic E-state index is 0.0827. The third-order valence-electron chi connectivity index (χ3n) is 3.80. The molecule has 2 aromatic rings. The van der Waals surface area contributed by atoms with Gasteiger partial charge in [0.15, 0.2) is 0 Å². The Morgan fingerprint density at radius 3 is 2.32 bits per heavy atom. The zero-order valence-corrected chi connectivity index (χ0v) is 13.6. The van der Waals surface area contributed by atoms with Crippen LogP contribution in [0.1, 0.15) is 11.1 Å². The third-order valence-corrected chi connectivity index (χ3v) is 3.80. The summed E-state index contributed by atoms with van der Waals surface area (Å²) in [4.78, 5) is 37.7. The molecule has 6 nitrogen and oxygen atoms in total. The number of rotatable bonds is 4. The molecule has 1 saturated heterocycles. The SMILES string of the molecule is COc1ccc(/C=C2/C(=O)NC(=O)N(Cc3ccccc3)C2=O)cc1. The van der Waals surface area contributed by atoms with Crippen molar-refractivity contribution in [3.8, 4) is 5.75 Å². The number of benzene rings is 2. The maximum absolute atomic E-state index is 12.6. The van der Waals surface area contributed by atoms with Crippen molar-refractivity contribution in [3.63, 3.8) is 0 Å². The second-order valence-corrected chi connectivity index (χ2v) is 5.47. The summed E-state index contributed by atoms with van der Waals surface area (Å²) in [5, 5.41) is 2.21. The van der Waals surface area contributed by atoms with Crippen molar-refractivity contribution >= 4 is 23.9 Å². The van der Waals surface area contributed by atoms with Crippen LogP contribution in [0, 0.1) is 0 Å². The number of urea groups is 1. The first-order valence-electron chi connectivity index (χ1n) is 7.65. The van der Waals surface area contributed by atoms with Crippen LogP contribution in [0.5, 0.6) is 5.75 Å². The van der Waals surface area contributed by atoms with Crippen molar-refractivity contribution in [3.05, 3.63) is 71.3 Å². The second-order valence-electron chi connectivity index (χ2n) is 5.47. The topological polar surface area (TPSA) is 75.7 Å². The monoisotopic (exact) mass is 336 g/mol. The van der Waals surface area contributed by atoms with Crippen LogP contribution in [0.25, 0.3) is 6.08 Å². The van der Waals surface area contributed by atoms with E-state index in [0.717, 1.165) is 10.5 Å². The van der Waals surface area contributed by atoms with Crippen LogP contribution >= 0.6 is 0 Å². The number of methoxy groups -OCH3 is 1. The Morgan fingerprint density at radius 2 is 1.68 bits per heavy atom. The summed E-state index contributed by atoms with van der Waals surface area (Å²) in [5.74, 6) is -0.647. The molecule has 1 N–H and O–H groups in total. The van der Waals surface area contributed by atoms with Crippen LogP contribution in [-0.4, -0.2) is 29.9 Å². The van der Waals surface area contributed by atoms with Crippen LogP contribution in [0.4, 0.5) is 4.79 Å². The number of hydrogen-bond acceptors (Lipinski definition) is 4. The zero-order valence-electron chi connectivity index (χ0n) is 13.6. The van der Waals surface area contributed by atoms with E-state index in [1.54, 1.807) is 31.4 Å². The van der Waals surface area contributed by atoms with E-state index in [1.165, 1.54) is 6.08 Å². The Labute approximate surface area is 144 Å². The lowest BCUT2D eigenvalue weighted by atomic mass is 10.1. The Balaban J connectivity index is 1.87. The largest absolute Gasteiger partial charge is 0.497 e. The molecule has 0 bridgehead atoms. The van der Waals surface area contributed by atoms with Gasteiger partial charge in [-0.15, -0.1) is 0 Å². The molecule has 1 heterocycles. The van der Waals surface area contributed by atoms with Gasteiger partial charge in [0.25, 0.3) is 11.8 Å². The lowest BCUT2D eigenvalue weighted by Crippen LogP contribution is -2.53. The van der Waals surface area contributed by atoms with Gasteiger partial charge in [-0.25, -0.2) is 4.79 Å². The molecule has 0 atom stereocenters. The minimum Gasteiger partial charge on any atom is -0.497 e. The average Bonchev–Trinajstić information content (AvgIpc) is 2.63. The molecule has 0 aromatic heterocycles. The molecule has 25 heavy (non-hydrogen) atoms. The molecule has 4 amide bonds. The Bertz CT molecular complexity index is 841. The van der Waals surface area contributed by atoms with E-state index >= 15 is 0 Å². The van der Waals surface area contributed by atoms with E-state index in [2.05, 4.69) is 5.32 Å². The highest BCUT2D eigenvalue weighted by Crippen LogP contribution is 2.18. The van der Waals surface area contributed by atoms with Crippen LogP contribution < -0.4 is 10.1 Å². The van der Waals surface area contributed by atoms with Gasteiger partial charge >= 0.3 is 6.03 Å². The highest BCUT2D eigenvalue weighted by molar-refractivity contribution is 6.30. The van der Waals surface area contributed by atoms with Crippen molar-refractivity contribution < 1.29 is 19.1 Å². The summed E-state index contributed by atoms with van der Waals surface area (Å²) in [6, 6.07) is 15.3. The first kappa shape index (κ1) is 16.4. The normalized spacial score (nSPS) is 16.1. The number of imide groups is 2. The quantitative estimate of drug-likeness (QED) is 0.687. The number of carbonyl (C=O) groups is 3. The van der Waals surface area contributed by atoms with E-state index in [-0.39, 0.29) is 12.1 Å². The number of ether oxygens (including phenoxy) is 1. The van der Waals surface area contributed by atoms with E-state index in [0.29, 0.717) is 11.3 Å². The molecule has 0 spiro atoms. The van der Waals surface area contributed by atoms with Gasteiger partial charge in [0.1, 0.15) is 11.3 Å². The summed E-state index contributed by atoms with van der Waals surface area (Å²) < 4.78 is 5.08. The number of amides is 4. The van der Waals surface area contributed by atoms with Crippen LogP contribution in [0.15, 0.2) is 60.2 Å². The zero-order chi connectivity index (χ0) is 17.8. The van der Waals surface area contributed by atoms with E-state index < -0.39 is 17.8 Å². The minimum atomic E-state index is -0.717. The van der Waals surface area contributed by atoms with Crippen LogP contribution in [-0.2, 0) is 16.1 Å². The van der Waals surface area contributed by atoms with Crippen molar-refractivity contribution in [2.45, 2.75) is 6.54 Å². The van der Waals surface area contributed by atoms with Crippen molar-refractivity contribution in [1.82, 2.24) is 10.2 Å². The first-order chi connectivity index (χ1) is 12.1. The van der Waals surface area contributed by atoms with Gasteiger partial charge in [-0.1, -0.05) is 42.5 Å². The molecule has 1 fully saturated rings. The molecule has 126 valence electrons. The summed E-state index contributed by atoms with van der Waals surface area (Å²) in [6.07, 6.45) is 1.46.